The van der Waals surface area contributed by atoms with Crippen LogP contribution in [0.15, 0.2) is 18.2 Å². The van der Waals surface area contributed by atoms with Crippen molar-refractivity contribution in [3.05, 3.63) is 23.8 Å². The number of hydrogen-bond acceptors (Lipinski definition) is 4. The van der Waals surface area contributed by atoms with Crippen molar-refractivity contribution in [2.45, 2.75) is 25.3 Å². The number of rotatable bonds is 4. The summed E-state index contributed by atoms with van der Waals surface area (Å²) in [6.07, 6.45) is 3.52. The maximum absolute atomic E-state index is 5.38. The van der Waals surface area contributed by atoms with E-state index in [4.69, 9.17) is 9.47 Å². The van der Waals surface area contributed by atoms with Gasteiger partial charge < -0.3 is 20.1 Å². The van der Waals surface area contributed by atoms with E-state index in [-0.39, 0.29) is 0 Å². The summed E-state index contributed by atoms with van der Waals surface area (Å²) in [6, 6.07) is 6.90. The molecule has 2 heterocycles. The molecule has 0 saturated carbocycles. The van der Waals surface area contributed by atoms with Crippen LogP contribution < -0.4 is 20.1 Å². The topological polar surface area (TPSA) is 42.5 Å². The molecule has 0 bridgehead atoms. The summed E-state index contributed by atoms with van der Waals surface area (Å²) < 4.78 is 10.7. The molecule has 2 aliphatic rings. The van der Waals surface area contributed by atoms with Crippen molar-refractivity contribution >= 4 is 0 Å². The van der Waals surface area contributed by atoms with Crippen LogP contribution in [-0.2, 0) is 6.42 Å². The molecule has 4 heteroatoms. The lowest BCUT2D eigenvalue weighted by atomic mass is 10.1. The third kappa shape index (κ3) is 2.76. The van der Waals surface area contributed by atoms with Crippen LogP contribution in [0.3, 0.4) is 0 Å². The molecule has 0 spiro atoms. The van der Waals surface area contributed by atoms with Crippen LogP contribution in [0, 0.1) is 0 Å². The Morgan fingerprint density at radius 1 is 1.17 bits per heavy atom. The van der Waals surface area contributed by atoms with Crippen LogP contribution >= 0.6 is 0 Å². The Balaban J connectivity index is 1.48. The Kier molecular flexibility index (Phi) is 3.67. The van der Waals surface area contributed by atoms with E-state index in [2.05, 4.69) is 22.8 Å². The molecule has 3 rings (SSSR count). The lowest BCUT2D eigenvalue weighted by Crippen LogP contribution is -2.40. The molecule has 0 aliphatic carbocycles. The van der Waals surface area contributed by atoms with Crippen molar-refractivity contribution in [3.8, 4) is 11.5 Å². The van der Waals surface area contributed by atoms with Crippen LogP contribution in [0.5, 0.6) is 11.5 Å². The summed E-state index contributed by atoms with van der Waals surface area (Å²) in [6.45, 7) is 3.67. The van der Waals surface area contributed by atoms with Crippen LogP contribution in [0.4, 0.5) is 0 Å². The minimum atomic E-state index is 0.353. The van der Waals surface area contributed by atoms with E-state index in [1.165, 1.54) is 18.4 Å². The highest BCUT2D eigenvalue weighted by atomic mass is 16.7. The van der Waals surface area contributed by atoms with Gasteiger partial charge >= 0.3 is 0 Å². The average molecular weight is 248 g/mol. The van der Waals surface area contributed by atoms with E-state index in [1.807, 2.05) is 6.07 Å². The zero-order chi connectivity index (χ0) is 12.2. The fourth-order valence-electron chi connectivity index (χ4n) is 2.54. The molecule has 2 N–H and O–H groups in total. The minimum Gasteiger partial charge on any atom is -0.454 e. The predicted octanol–water partition coefficient (Wildman–Crippen LogP) is 1.30. The summed E-state index contributed by atoms with van der Waals surface area (Å²) in [4.78, 5) is 0. The van der Waals surface area contributed by atoms with Crippen molar-refractivity contribution in [3.63, 3.8) is 0 Å². The fourth-order valence-corrected chi connectivity index (χ4v) is 2.54. The molecule has 0 radical (unpaired) electrons. The zero-order valence-corrected chi connectivity index (χ0v) is 10.6. The first-order valence-corrected chi connectivity index (χ1v) is 6.74. The molecule has 98 valence electrons. The van der Waals surface area contributed by atoms with Crippen molar-refractivity contribution in [1.82, 2.24) is 10.6 Å². The van der Waals surface area contributed by atoms with E-state index >= 15 is 0 Å². The number of ether oxygens (including phenoxy) is 2. The number of benzene rings is 1. The minimum absolute atomic E-state index is 0.353. The largest absolute Gasteiger partial charge is 0.454 e. The third-order valence-electron chi connectivity index (χ3n) is 3.62. The quantitative estimate of drug-likeness (QED) is 0.843. The molecule has 4 nitrogen and oxygen atoms in total. The first kappa shape index (κ1) is 11.8. The van der Waals surface area contributed by atoms with Gasteiger partial charge in [-0.3, -0.25) is 0 Å². The van der Waals surface area contributed by atoms with Gasteiger partial charge in [-0.1, -0.05) is 6.07 Å². The number of nitrogens with one attached hydrogen (secondary N) is 2. The van der Waals surface area contributed by atoms with Crippen molar-refractivity contribution in [2.24, 2.45) is 0 Å². The Hall–Kier alpha value is -1.26. The Bertz CT molecular complexity index is 403. The number of fused-ring (bicyclic) bond motifs is 1. The monoisotopic (exact) mass is 248 g/mol. The Morgan fingerprint density at radius 3 is 2.89 bits per heavy atom. The third-order valence-corrected chi connectivity index (χ3v) is 3.62. The maximum atomic E-state index is 5.38. The van der Waals surface area contributed by atoms with Gasteiger partial charge in [0.05, 0.1) is 0 Å². The van der Waals surface area contributed by atoms with Gasteiger partial charge in [-0.15, -0.1) is 0 Å². The van der Waals surface area contributed by atoms with Gasteiger partial charge in [0.25, 0.3) is 0 Å². The molecule has 18 heavy (non-hydrogen) atoms. The first-order chi connectivity index (χ1) is 8.92. The Labute approximate surface area is 108 Å². The molecule has 0 atom stereocenters. The lowest BCUT2D eigenvalue weighted by molar-refractivity contribution is 0.174. The van der Waals surface area contributed by atoms with Crippen molar-refractivity contribution in [2.75, 3.05) is 26.4 Å². The number of piperidine rings is 1. The van der Waals surface area contributed by atoms with Gasteiger partial charge in [0.15, 0.2) is 11.5 Å². The number of hydrogen-bond donors (Lipinski definition) is 2. The summed E-state index contributed by atoms with van der Waals surface area (Å²) >= 11 is 0. The highest BCUT2D eigenvalue weighted by molar-refractivity contribution is 5.44. The van der Waals surface area contributed by atoms with E-state index in [0.717, 1.165) is 37.6 Å². The highest BCUT2D eigenvalue weighted by Crippen LogP contribution is 2.32. The first-order valence-electron chi connectivity index (χ1n) is 6.74. The van der Waals surface area contributed by atoms with Gasteiger partial charge in [-0.25, -0.2) is 0 Å². The highest BCUT2D eigenvalue weighted by Gasteiger charge is 2.14. The fraction of sp³-hybridized carbons (Fsp3) is 0.571. The molecular formula is C14H20N2O2. The molecule has 1 fully saturated rings. The molecule has 0 amide bonds. The lowest BCUT2D eigenvalue weighted by Gasteiger charge is -2.23. The molecule has 0 unspecified atom stereocenters. The van der Waals surface area contributed by atoms with E-state index < -0.39 is 0 Å². The second kappa shape index (κ2) is 5.59. The average Bonchev–Trinajstić information content (AvgIpc) is 2.87. The summed E-state index contributed by atoms with van der Waals surface area (Å²) in [7, 11) is 0. The second-order valence-corrected chi connectivity index (χ2v) is 4.92. The SMILES string of the molecule is c1cc2c(cc1CCNC1CCNCC1)OCO2. The van der Waals surface area contributed by atoms with Crippen LogP contribution in [0.25, 0.3) is 0 Å². The molecule has 2 aliphatic heterocycles. The van der Waals surface area contributed by atoms with Crippen LogP contribution in [0.1, 0.15) is 18.4 Å². The van der Waals surface area contributed by atoms with Crippen LogP contribution in [-0.4, -0.2) is 32.5 Å². The molecular weight excluding hydrogens is 228 g/mol. The van der Waals surface area contributed by atoms with Gasteiger partial charge in [0, 0.05) is 6.04 Å². The maximum Gasteiger partial charge on any atom is 0.231 e. The van der Waals surface area contributed by atoms with E-state index in [0.29, 0.717) is 12.8 Å². The second-order valence-electron chi connectivity index (χ2n) is 4.92. The van der Waals surface area contributed by atoms with Crippen molar-refractivity contribution < 1.29 is 9.47 Å². The van der Waals surface area contributed by atoms with E-state index in [9.17, 15) is 0 Å². The van der Waals surface area contributed by atoms with Crippen LogP contribution in [0.2, 0.25) is 0 Å². The molecule has 1 saturated heterocycles. The predicted molar refractivity (Wildman–Crippen MR) is 70.2 cm³/mol. The molecule has 1 aromatic carbocycles. The standard InChI is InChI=1S/C14H20N2O2/c1-2-13-14(18-10-17-13)9-11(1)3-8-16-12-4-6-15-7-5-12/h1-2,9,12,15-16H,3-8,10H2. The van der Waals surface area contributed by atoms with Gasteiger partial charge in [0.2, 0.25) is 6.79 Å². The zero-order valence-electron chi connectivity index (χ0n) is 10.6. The van der Waals surface area contributed by atoms with Gasteiger partial charge in [-0.2, -0.15) is 0 Å². The molecule has 0 aromatic heterocycles. The summed E-state index contributed by atoms with van der Waals surface area (Å²) in [5.41, 5.74) is 1.31. The summed E-state index contributed by atoms with van der Waals surface area (Å²) in [5, 5.41) is 7.01. The van der Waals surface area contributed by atoms with Gasteiger partial charge in [0.1, 0.15) is 0 Å². The summed E-state index contributed by atoms with van der Waals surface area (Å²) in [5.74, 6) is 1.75. The van der Waals surface area contributed by atoms with Crippen molar-refractivity contribution in [1.29, 1.82) is 0 Å². The Morgan fingerprint density at radius 2 is 2.00 bits per heavy atom. The normalized spacial score (nSPS) is 19.1. The van der Waals surface area contributed by atoms with E-state index in [1.54, 1.807) is 0 Å². The smallest absolute Gasteiger partial charge is 0.231 e. The molecule has 1 aromatic rings. The van der Waals surface area contributed by atoms with Gasteiger partial charge in [-0.05, 0) is 56.6 Å².